The van der Waals surface area contributed by atoms with E-state index in [9.17, 15) is 9.59 Å². The lowest BCUT2D eigenvalue weighted by Crippen LogP contribution is -2.61. The Morgan fingerprint density at radius 3 is 2.62 bits per heavy atom. The number of piperidine rings is 1. The molecular formula is C22H26N8O4. The van der Waals surface area contributed by atoms with Gasteiger partial charge < -0.3 is 14.4 Å². The first-order valence-electron chi connectivity index (χ1n) is 11.6. The number of ether oxygens (including phenoxy) is 2. The lowest BCUT2D eigenvalue weighted by atomic mass is 9.70. The lowest BCUT2D eigenvalue weighted by Gasteiger charge is -2.51. The molecule has 12 heteroatoms. The van der Waals surface area contributed by atoms with E-state index in [-0.39, 0.29) is 36.0 Å². The van der Waals surface area contributed by atoms with Crippen molar-refractivity contribution in [3.63, 3.8) is 0 Å². The molecule has 6 heterocycles. The molecule has 2 aromatic rings. The van der Waals surface area contributed by atoms with Crippen molar-refractivity contribution in [2.45, 2.75) is 44.7 Å². The summed E-state index contributed by atoms with van der Waals surface area (Å²) in [6.07, 6.45) is 4.58. The topological polar surface area (TPSA) is 128 Å². The molecule has 0 aromatic carbocycles. The Kier molecular flexibility index (Phi) is 5.14. The van der Waals surface area contributed by atoms with Gasteiger partial charge in [0.2, 0.25) is 5.91 Å². The average Bonchev–Trinajstić information content (AvgIpc) is 3.56. The van der Waals surface area contributed by atoms with Crippen molar-refractivity contribution in [3.05, 3.63) is 35.4 Å². The maximum Gasteiger partial charge on any atom is 0.336 e. The average molecular weight is 467 g/mol. The second-order valence-electron chi connectivity index (χ2n) is 9.51. The molecule has 3 saturated heterocycles. The molecule has 4 aliphatic rings. The number of morpholine rings is 1. The van der Waals surface area contributed by atoms with E-state index in [1.54, 1.807) is 11.8 Å². The number of carbonyl (C=O) groups excluding carboxylic acids is 2. The highest BCUT2D eigenvalue weighted by molar-refractivity contribution is 5.94. The number of cyclic esters (lactones) is 1. The molecule has 0 N–H and O–H groups in total. The summed E-state index contributed by atoms with van der Waals surface area (Å²) in [6.45, 7) is 4.66. The van der Waals surface area contributed by atoms with Gasteiger partial charge in [-0.15, -0.1) is 10.2 Å². The van der Waals surface area contributed by atoms with Gasteiger partial charge >= 0.3 is 5.97 Å². The predicted molar refractivity (Wildman–Crippen MR) is 115 cm³/mol. The molecular weight excluding hydrogens is 440 g/mol. The minimum atomic E-state index is -0.387. The van der Waals surface area contributed by atoms with Gasteiger partial charge in [0, 0.05) is 31.6 Å². The first-order chi connectivity index (χ1) is 16.5. The van der Waals surface area contributed by atoms with Crippen molar-refractivity contribution < 1.29 is 19.1 Å². The number of likely N-dealkylation sites (tertiary alicyclic amines) is 1. The molecule has 3 atom stereocenters. The van der Waals surface area contributed by atoms with Crippen LogP contribution in [-0.2, 0) is 25.5 Å². The van der Waals surface area contributed by atoms with Crippen LogP contribution in [0.4, 0.5) is 0 Å². The van der Waals surface area contributed by atoms with Crippen LogP contribution in [0.15, 0.2) is 29.7 Å². The molecule has 4 aliphatic heterocycles. The number of esters is 1. The highest BCUT2D eigenvalue weighted by Gasteiger charge is 2.55. The zero-order valence-electron chi connectivity index (χ0n) is 19.0. The van der Waals surface area contributed by atoms with Gasteiger partial charge in [-0.1, -0.05) is 0 Å². The Labute approximate surface area is 195 Å². The van der Waals surface area contributed by atoms with Gasteiger partial charge in [-0.2, -0.15) is 9.78 Å². The maximum absolute atomic E-state index is 13.6. The Morgan fingerprint density at radius 1 is 1.15 bits per heavy atom. The normalized spacial score (nSPS) is 29.4. The van der Waals surface area contributed by atoms with E-state index in [0.717, 1.165) is 43.6 Å². The summed E-state index contributed by atoms with van der Waals surface area (Å²) < 4.78 is 12.5. The Balaban J connectivity index is 1.14. The van der Waals surface area contributed by atoms with E-state index in [2.05, 4.69) is 30.6 Å². The number of carbonyl (C=O) groups is 2. The van der Waals surface area contributed by atoms with Crippen molar-refractivity contribution in [1.29, 1.82) is 0 Å². The zero-order valence-corrected chi connectivity index (χ0v) is 19.0. The third kappa shape index (κ3) is 3.48. The van der Waals surface area contributed by atoms with Crippen LogP contribution in [0.2, 0.25) is 0 Å². The lowest BCUT2D eigenvalue weighted by molar-refractivity contribution is -0.149. The quantitative estimate of drug-likeness (QED) is 0.551. The van der Waals surface area contributed by atoms with Gasteiger partial charge in [-0.3, -0.25) is 9.69 Å². The van der Waals surface area contributed by atoms with Crippen LogP contribution in [-0.4, -0.2) is 97.1 Å². The number of rotatable bonds is 5. The third-order valence-electron chi connectivity index (χ3n) is 7.64. The number of amides is 1. The second-order valence-corrected chi connectivity index (χ2v) is 9.51. The molecule has 1 unspecified atom stereocenters. The van der Waals surface area contributed by atoms with Crippen LogP contribution < -0.4 is 0 Å². The molecule has 34 heavy (non-hydrogen) atoms. The number of fused-ring (bicyclic) bond motifs is 2. The van der Waals surface area contributed by atoms with E-state index in [0.29, 0.717) is 31.1 Å². The first kappa shape index (κ1) is 21.3. The monoisotopic (exact) mass is 466 g/mol. The van der Waals surface area contributed by atoms with Gasteiger partial charge in [0.15, 0.2) is 5.82 Å². The fourth-order valence-corrected chi connectivity index (χ4v) is 5.86. The molecule has 12 nitrogen and oxygen atoms in total. The van der Waals surface area contributed by atoms with Gasteiger partial charge in [-0.05, 0) is 48.7 Å². The van der Waals surface area contributed by atoms with Crippen molar-refractivity contribution in [3.8, 4) is 5.82 Å². The summed E-state index contributed by atoms with van der Waals surface area (Å²) in [7, 11) is 0. The van der Waals surface area contributed by atoms with Crippen LogP contribution in [0, 0.1) is 5.41 Å². The number of tetrazole rings is 1. The van der Waals surface area contributed by atoms with E-state index < -0.39 is 0 Å². The Hall–Kier alpha value is -3.25. The molecule has 2 bridgehead atoms. The van der Waals surface area contributed by atoms with Crippen molar-refractivity contribution >= 4 is 11.9 Å². The summed E-state index contributed by atoms with van der Waals surface area (Å²) in [6, 6.07) is 4.16. The van der Waals surface area contributed by atoms with E-state index in [1.165, 1.54) is 11.0 Å². The van der Waals surface area contributed by atoms with Crippen molar-refractivity contribution in [1.82, 2.24) is 40.2 Å². The van der Waals surface area contributed by atoms with Gasteiger partial charge in [0.25, 0.3) is 0 Å². The fraction of sp³-hybridized carbons (Fsp3) is 0.591. The SMILES string of the molecule is CC1=C(N2CCC3(C[C@H]4COC[C@@H](C3)N4CCc3ccc(-n4cnnn4)nn3)C2=O)COC1=O. The molecule has 2 aromatic heterocycles. The number of hydrogen-bond acceptors (Lipinski definition) is 10. The standard InChI is InChI=1S/C22H26N8O4/c1-14-18(12-34-20(14)31)29-7-5-22(21(29)32)8-16-10-33-11-17(9-22)28(16)6-4-15-2-3-19(25-24-15)30-13-23-26-27-30/h2-3,13,16-17H,4-12H2,1H3/t16-,17+,22?. The summed E-state index contributed by atoms with van der Waals surface area (Å²) in [4.78, 5) is 29.7. The summed E-state index contributed by atoms with van der Waals surface area (Å²) in [5.74, 6) is 0.390. The van der Waals surface area contributed by atoms with Crippen LogP contribution >= 0.6 is 0 Å². The van der Waals surface area contributed by atoms with Crippen LogP contribution in [0.5, 0.6) is 0 Å². The second kappa shape index (κ2) is 8.20. The van der Waals surface area contributed by atoms with Gasteiger partial charge in [-0.25, -0.2) is 4.79 Å². The van der Waals surface area contributed by atoms with Crippen molar-refractivity contribution in [2.24, 2.45) is 5.41 Å². The van der Waals surface area contributed by atoms with Crippen LogP contribution in [0.1, 0.15) is 31.9 Å². The van der Waals surface area contributed by atoms with Gasteiger partial charge in [0.05, 0.1) is 35.6 Å². The van der Waals surface area contributed by atoms with Crippen molar-refractivity contribution in [2.75, 3.05) is 32.9 Å². The minimum Gasteiger partial charge on any atom is -0.456 e. The molecule has 1 spiro atoms. The predicted octanol–water partition coefficient (Wildman–Crippen LogP) is -0.0925. The zero-order chi connectivity index (χ0) is 23.3. The van der Waals surface area contributed by atoms with E-state index in [4.69, 9.17) is 9.47 Å². The molecule has 6 rings (SSSR count). The summed E-state index contributed by atoms with van der Waals surface area (Å²) in [5.41, 5.74) is 1.80. The van der Waals surface area contributed by atoms with E-state index in [1.807, 2.05) is 12.1 Å². The largest absolute Gasteiger partial charge is 0.456 e. The maximum atomic E-state index is 13.6. The fourth-order valence-electron chi connectivity index (χ4n) is 5.86. The molecule has 0 aliphatic carbocycles. The van der Waals surface area contributed by atoms with Crippen LogP contribution in [0.3, 0.4) is 0 Å². The minimum absolute atomic E-state index is 0.140. The Morgan fingerprint density at radius 2 is 1.97 bits per heavy atom. The molecule has 0 radical (unpaired) electrons. The third-order valence-corrected chi connectivity index (χ3v) is 7.64. The molecule has 3 fully saturated rings. The van der Waals surface area contributed by atoms with Gasteiger partial charge in [0.1, 0.15) is 12.9 Å². The van der Waals surface area contributed by atoms with E-state index >= 15 is 0 Å². The summed E-state index contributed by atoms with van der Waals surface area (Å²) in [5, 5.41) is 19.6. The summed E-state index contributed by atoms with van der Waals surface area (Å²) >= 11 is 0. The number of aromatic nitrogens is 6. The Bertz CT molecular complexity index is 1120. The first-order valence-corrected chi connectivity index (χ1v) is 11.6. The molecule has 1 amide bonds. The number of nitrogens with zero attached hydrogens (tertiary/aromatic N) is 8. The molecule has 178 valence electrons. The number of hydrogen-bond donors (Lipinski definition) is 0. The smallest absolute Gasteiger partial charge is 0.336 e. The molecule has 0 saturated carbocycles. The highest BCUT2D eigenvalue weighted by atomic mass is 16.5. The van der Waals surface area contributed by atoms with Crippen LogP contribution in [0.25, 0.3) is 5.82 Å². The highest BCUT2D eigenvalue weighted by Crippen LogP contribution is 2.48.